The van der Waals surface area contributed by atoms with E-state index in [0.29, 0.717) is 11.6 Å². The van der Waals surface area contributed by atoms with Crippen molar-refractivity contribution in [2.75, 3.05) is 32.7 Å². The van der Waals surface area contributed by atoms with E-state index in [0.717, 1.165) is 57.9 Å². The van der Waals surface area contributed by atoms with Crippen LogP contribution in [0, 0.1) is 6.20 Å². The van der Waals surface area contributed by atoms with Crippen molar-refractivity contribution in [3.05, 3.63) is 59.7 Å². The second-order valence-electron chi connectivity index (χ2n) is 7.53. The van der Waals surface area contributed by atoms with Crippen molar-refractivity contribution >= 4 is 12.0 Å². The third-order valence-electron chi connectivity index (χ3n) is 5.62. The van der Waals surface area contributed by atoms with Crippen LogP contribution in [0.15, 0.2) is 36.4 Å². The second-order valence-corrected chi connectivity index (χ2v) is 7.53. The highest BCUT2D eigenvalue weighted by atomic mass is 16.2. The van der Waals surface area contributed by atoms with E-state index in [1.165, 1.54) is 5.56 Å². The molecule has 1 saturated heterocycles. The van der Waals surface area contributed by atoms with E-state index in [9.17, 15) is 4.79 Å². The number of aromatic nitrogens is 2. The van der Waals surface area contributed by atoms with Crippen LogP contribution in [0.2, 0.25) is 0 Å². The predicted molar refractivity (Wildman–Crippen MR) is 107 cm³/mol. The summed E-state index contributed by atoms with van der Waals surface area (Å²) >= 11 is 0. The molecule has 0 bridgehead atoms. The average Bonchev–Trinajstić information content (AvgIpc) is 3.14. The van der Waals surface area contributed by atoms with Gasteiger partial charge < -0.3 is 9.47 Å². The zero-order valence-corrected chi connectivity index (χ0v) is 16.0. The Bertz CT molecular complexity index is 803. The molecule has 0 saturated carbocycles. The van der Waals surface area contributed by atoms with Crippen molar-refractivity contribution in [1.82, 2.24) is 19.4 Å². The number of rotatable bonds is 4. The van der Waals surface area contributed by atoms with Crippen LogP contribution < -0.4 is 0 Å². The molecule has 0 spiro atoms. The number of imidazole rings is 1. The van der Waals surface area contributed by atoms with Gasteiger partial charge in [0.05, 0.1) is 0 Å². The van der Waals surface area contributed by atoms with Crippen LogP contribution in [0.25, 0.3) is 6.08 Å². The number of hydrogen-bond donors (Lipinski definition) is 0. The number of carbonyl (C=O) groups is 1. The van der Waals surface area contributed by atoms with Gasteiger partial charge in [-0.25, -0.2) is 4.98 Å². The lowest BCUT2D eigenvalue weighted by atomic mass is 10.0. The fraction of sp³-hybridized carbons (Fsp3) is 0.455. The number of carbonyl (C=O) groups excluding carboxylic acids is 1. The molecule has 2 aromatic rings. The first-order valence-electron chi connectivity index (χ1n) is 9.93. The number of amides is 1. The molecule has 1 aromatic heterocycles. The Balaban J connectivity index is 1.32. The lowest BCUT2D eigenvalue weighted by Crippen LogP contribution is -2.49. The van der Waals surface area contributed by atoms with Crippen LogP contribution >= 0.6 is 0 Å². The maximum absolute atomic E-state index is 12.9. The summed E-state index contributed by atoms with van der Waals surface area (Å²) in [6.45, 7) is 7.33. The van der Waals surface area contributed by atoms with Gasteiger partial charge in [-0.3, -0.25) is 9.69 Å². The van der Waals surface area contributed by atoms with E-state index >= 15 is 0 Å². The number of hydrogen-bond acceptors (Lipinski definition) is 3. The summed E-state index contributed by atoms with van der Waals surface area (Å²) in [6, 6.07) is 10.4. The molecule has 5 heteroatoms. The number of piperazine rings is 1. The van der Waals surface area contributed by atoms with Gasteiger partial charge in [0.2, 0.25) is 0 Å². The van der Waals surface area contributed by atoms with Gasteiger partial charge in [0.15, 0.2) is 0 Å². The molecule has 0 aliphatic carbocycles. The van der Waals surface area contributed by atoms with Crippen molar-refractivity contribution in [1.29, 1.82) is 0 Å². The van der Waals surface area contributed by atoms with Gasteiger partial charge in [-0.05, 0) is 18.4 Å². The molecule has 2 aliphatic rings. The first-order chi connectivity index (χ1) is 13.2. The zero-order chi connectivity index (χ0) is 18.6. The van der Waals surface area contributed by atoms with Crippen LogP contribution in [-0.2, 0) is 6.54 Å². The van der Waals surface area contributed by atoms with Crippen molar-refractivity contribution in [2.24, 2.45) is 0 Å². The zero-order valence-electron chi connectivity index (χ0n) is 16.0. The fourth-order valence-corrected chi connectivity index (χ4v) is 3.98. The Morgan fingerprint density at radius 2 is 1.96 bits per heavy atom. The lowest BCUT2D eigenvalue weighted by molar-refractivity contribution is 0.0638. The summed E-state index contributed by atoms with van der Waals surface area (Å²) in [6.07, 6.45) is 9.62. The molecule has 1 radical (unpaired) electrons. The second kappa shape index (κ2) is 8.09. The maximum Gasteiger partial charge on any atom is 0.272 e. The molecule has 5 nitrogen and oxygen atoms in total. The number of nitrogens with zero attached hydrogens (tertiary/aromatic N) is 4. The van der Waals surface area contributed by atoms with E-state index in [-0.39, 0.29) is 5.91 Å². The Labute approximate surface area is 161 Å². The third kappa shape index (κ3) is 3.98. The molecular weight excluding hydrogens is 336 g/mol. The molecule has 2 aliphatic heterocycles. The Morgan fingerprint density at radius 3 is 2.74 bits per heavy atom. The highest BCUT2D eigenvalue weighted by Crippen LogP contribution is 2.27. The first kappa shape index (κ1) is 18.0. The minimum Gasteiger partial charge on any atom is -0.335 e. The summed E-state index contributed by atoms with van der Waals surface area (Å²) in [5.41, 5.74) is 1.87. The van der Waals surface area contributed by atoms with Crippen LogP contribution in [0.5, 0.6) is 0 Å². The van der Waals surface area contributed by atoms with Gasteiger partial charge >= 0.3 is 0 Å². The van der Waals surface area contributed by atoms with Gasteiger partial charge in [-0.15, -0.1) is 0 Å². The Morgan fingerprint density at radius 1 is 1.19 bits per heavy atom. The molecule has 1 unspecified atom stereocenters. The fourth-order valence-electron chi connectivity index (χ4n) is 3.98. The monoisotopic (exact) mass is 363 g/mol. The molecule has 27 heavy (non-hydrogen) atoms. The highest BCUT2D eigenvalue weighted by Gasteiger charge is 2.28. The van der Waals surface area contributed by atoms with Crippen LogP contribution in [0.3, 0.4) is 0 Å². The summed E-state index contributed by atoms with van der Waals surface area (Å²) in [5, 5.41) is 0. The summed E-state index contributed by atoms with van der Waals surface area (Å²) < 4.78 is 2.09. The maximum atomic E-state index is 12.9. The summed E-state index contributed by atoms with van der Waals surface area (Å²) in [5.74, 6) is 1.53. The van der Waals surface area contributed by atoms with Crippen molar-refractivity contribution < 1.29 is 4.79 Å². The quantitative estimate of drug-likeness (QED) is 0.838. The molecule has 1 atom stereocenters. The number of fused-ring (bicyclic) bond motifs is 1. The van der Waals surface area contributed by atoms with E-state index in [4.69, 9.17) is 0 Å². The van der Waals surface area contributed by atoms with Crippen LogP contribution in [-0.4, -0.2) is 58.0 Å². The van der Waals surface area contributed by atoms with E-state index in [2.05, 4.69) is 64.0 Å². The van der Waals surface area contributed by atoms with Gasteiger partial charge in [0.1, 0.15) is 17.7 Å². The Kier molecular flexibility index (Phi) is 5.39. The molecule has 1 fully saturated rings. The van der Waals surface area contributed by atoms with Crippen LogP contribution in [0.1, 0.15) is 47.6 Å². The largest absolute Gasteiger partial charge is 0.335 e. The van der Waals surface area contributed by atoms with Gasteiger partial charge in [-0.2, -0.15) is 0 Å². The summed E-state index contributed by atoms with van der Waals surface area (Å²) in [4.78, 5) is 21.7. The van der Waals surface area contributed by atoms with Gasteiger partial charge in [0.25, 0.3) is 5.91 Å². The standard InChI is InChI=1S/C22H27N4O/c1-18-7-5-12-26-20(17-23-21(18)26)22(27)25-15-13-24(14-16-25)11-6-10-19-8-3-2-4-9-19/h2-4,6,8-10,18H,5,7,11-16H2,1H3. The van der Waals surface area contributed by atoms with E-state index < -0.39 is 0 Å². The van der Waals surface area contributed by atoms with Gasteiger partial charge in [0, 0.05) is 45.2 Å². The predicted octanol–water partition coefficient (Wildman–Crippen LogP) is 3.05. The first-order valence-corrected chi connectivity index (χ1v) is 9.93. The molecular formula is C22H27N4O. The lowest BCUT2D eigenvalue weighted by Gasteiger charge is -2.34. The minimum atomic E-state index is 0.0855. The molecule has 141 valence electrons. The molecule has 4 rings (SSSR count). The van der Waals surface area contributed by atoms with E-state index in [1.807, 2.05) is 11.0 Å². The van der Waals surface area contributed by atoms with Gasteiger partial charge in [-0.1, -0.05) is 49.4 Å². The van der Waals surface area contributed by atoms with E-state index in [1.54, 1.807) is 0 Å². The Hall–Kier alpha value is -2.40. The number of benzene rings is 1. The normalized spacial score (nSPS) is 20.8. The molecule has 0 N–H and O–H groups in total. The molecule has 3 heterocycles. The SMILES string of the molecule is CC1CCCn2c(C(=O)N3CCN(CC=Cc4ccccc4)CC3)[c]nc21. The van der Waals surface area contributed by atoms with Crippen molar-refractivity contribution in [2.45, 2.75) is 32.2 Å². The minimum absolute atomic E-state index is 0.0855. The highest BCUT2D eigenvalue weighted by molar-refractivity contribution is 5.92. The van der Waals surface area contributed by atoms with Crippen LogP contribution in [0.4, 0.5) is 0 Å². The topological polar surface area (TPSA) is 41.4 Å². The summed E-state index contributed by atoms with van der Waals surface area (Å²) in [7, 11) is 0. The molecule has 1 amide bonds. The third-order valence-corrected chi connectivity index (χ3v) is 5.62. The average molecular weight is 363 g/mol. The smallest absolute Gasteiger partial charge is 0.272 e. The molecule has 1 aromatic carbocycles. The van der Waals surface area contributed by atoms with Crippen molar-refractivity contribution in [3.63, 3.8) is 0 Å². The van der Waals surface area contributed by atoms with Crippen molar-refractivity contribution in [3.8, 4) is 0 Å².